The number of aromatic nitrogens is 1. The van der Waals surface area contributed by atoms with E-state index in [2.05, 4.69) is 26.2 Å². The Hall–Kier alpha value is -0.910. The van der Waals surface area contributed by atoms with Gasteiger partial charge in [0, 0.05) is 15.5 Å². The molecular formula is C12H10BrClN2OS. The van der Waals surface area contributed by atoms with Gasteiger partial charge in [-0.1, -0.05) is 17.7 Å². The van der Waals surface area contributed by atoms with Crippen LogP contribution in [0.3, 0.4) is 0 Å². The fourth-order valence-corrected chi connectivity index (χ4v) is 2.72. The molecule has 6 heteroatoms. The number of benzene rings is 1. The largest absolute Gasteiger partial charge is 0.345 e. The van der Waals surface area contributed by atoms with Gasteiger partial charge < -0.3 is 5.32 Å². The van der Waals surface area contributed by atoms with Gasteiger partial charge in [0.2, 0.25) is 0 Å². The first kappa shape index (κ1) is 13.5. The van der Waals surface area contributed by atoms with Crippen molar-refractivity contribution in [3.05, 3.63) is 49.3 Å². The van der Waals surface area contributed by atoms with E-state index < -0.39 is 0 Å². The molecule has 0 spiro atoms. The van der Waals surface area contributed by atoms with E-state index in [4.69, 9.17) is 11.6 Å². The van der Waals surface area contributed by atoms with Gasteiger partial charge in [-0.05, 0) is 35.0 Å². The molecule has 1 N–H and O–H groups in total. The van der Waals surface area contributed by atoms with Crippen molar-refractivity contribution in [1.29, 1.82) is 0 Å². The smallest absolute Gasteiger partial charge is 0.253 e. The molecule has 1 heterocycles. The quantitative estimate of drug-likeness (QED) is 0.919. The Labute approximate surface area is 122 Å². The molecule has 0 aliphatic carbocycles. The van der Waals surface area contributed by atoms with Gasteiger partial charge in [0.25, 0.3) is 5.91 Å². The summed E-state index contributed by atoms with van der Waals surface area (Å²) in [4.78, 5) is 17.3. The van der Waals surface area contributed by atoms with Gasteiger partial charge in [0.1, 0.15) is 5.01 Å². The molecule has 2 aromatic rings. The highest BCUT2D eigenvalue weighted by Gasteiger charge is 2.12. The van der Waals surface area contributed by atoms with E-state index in [1.165, 1.54) is 0 Å². The van der Waals surface area contributed by atoms with E-state index in [-0.39, 0.29) is 5.91 Å². The third-order valence-corrected chi connectivity index (χ3v) is 4.47. The molecule has 1 amide bonds. The zero-order valence-corrected chi connectivity index (χ0v) is 12.7. The van der Waals surface area contributed by atoms with Crippen LogP contribution in [-0.2, 0) is 6.54 Å². The van der Waals surface area contributed by atoms with E-state index in [9.17, 15) is 4.79 Å². The molecular weight excluding hydrogens is 336 g/mol. The fourth-order valence-electron chi connectivity index (χ4n) is 1.41. The summed E-state index contributed by atoms with van der Waals surface area (Å²) in [6.07, 6.45) is 1.79. The first-order chi connectivity index (χ1) is 8.58. The van der Waals surface area contributed by atoms with E-state index in [1.54, 1.807) is 35.7 Å². The van der Waals surface area contributed by atoms with Crippen molar-refractivity contribution in [3.8, 4) is 0 Å². The average molecular weight is 346 g/mol. The number of nitrogens with one attached hydrogen (secondary N) is 1. The lowest BCUT2D eigenvalue weighted by Crippen LogP contribution is -2.23. The Morgan fingerprint density at radius 1 is 1.56 bits per heavy atom. The van der Waals surface area contributed by atoms with Crippen LogP contribution in [0.4, 0.5) is 0 Å². The van der Waals surface area contributed by atoms with Gasteiger partial charge in [-0.2, -0.15) is 0 Å². The molecule has 2 rings (SSSR count). The predicted octanol–water partition coefficient (Wildman–Crippen LogP) is 3.80. The third-order valence-electron chi connectivity index (χ3n) is 2.27. The highest BCUT2D eigenvalue weighted by Crippen LogP contribution is 2.25. The van der Waals surface area contributed by atoms with Crippen molar-refractivity contribution in [2.24, 2.45) is 0 Å². The monoisotopic (exact) mass is 344 g/mol. The summed E-state index contributed by atoms with van der Waals surface area (Å²) in [6, 6.07) is 5.26. The van der Waals surface area contributed by atoms with Crippen LogP contribution in [0.5, 0.6) is 0 Å². The minimum Gasteiger partial charge on any atom is -0.345 e. The van der Waals surface area contributed by atoms with Crippen molar-refractivity contribution in [2.45, 2.75) is 13.5 Å². The number of amides is 1. The molecule has 0 bridgehead atoms. The maximum atomic E-state index is 12.0. The predicted molar refractivity (Wildman–Crippen MR) is 77.2 cm³/mol. The van der Waals surface area contributed by atoms with Gasteiger partial charge in [-0.25, -0.2) is 4.98 Å². The number of rotatable bonds is 3. The average Bonchev–Trinajstić information content (AvgIpc) is 2.76. The summed E-state index contributed by atoms with van der Waals surface area (Å²) < 4.78 is 0.710. The summed E-state index contributed by atoms with van der Waals surface area (Å²) in [5, 5.41) is 4.10. The van der Waals surface area contributed by atoms with Crippen molar-refractivity contribution < 1.29 is 4.79 Å². The number of hydrogen-bond donors (Lipinski definition) is 1. The maximum absolute atomic E-state index is 12.0. The van der Waals surface area contributed by atoms with E-state index in [1.807, 2.05) is 6.92 Å². The van der Waals surface area contributed by atoms with Gasteiger partial charge in [0.15, 0.2) is 0 Å². The minimum atomic E-state index is -0.200. The maximum Gasteiger partial charge on any atom is 0.253 e. The Bertz CT molecular complexity index is 585. The van der Waals surface area contributed by atoms with Gasteiger partial charge in [0.05, 0.1) is 17.1 Å². The third kappa shape index (κ3) is 3.10. The van der Waals surface area contributed by atoms with Crippen molar-refractivity contribution in [2.75, 3.05) is 0 Å². The fraction of sp³-hybridized carbons (Fsp3) is 0.167. The van der Waals surface area contributed by atoms with Crippen LogP contribution < -0.4 is 5.32 Å². The van der Waals surface area contributed by atoms with Gasteiger partial charge in [-0.3, -0.25) is 4.79 Å². The van der Waals surface area contributed by atoms with E-state index in [0.717, 1.165) is 9.88 Å². The Balaban J connectivity index is 2.06. The highest BCUT2D eigenvalue weighted by molar-refractivity contribution is 9.10. The number of carbonyl (C=O) groups excluding carboxylic acids is 1. The van der Waals surface area contributed by atoms with Crippen LogP contribution in [0.1, 0.15) is 20.2 Å². The molecule has 0 fully saturated rings. The SMILES string of the molecule is Cc1cnc(CNC(=O)c2cccc(Br)c2Cl)s1. The lowest BCUT2D eigenvalue weighted by molar-refractivity contribution is 0.0951. The summed E-state index contributed by atoms with van der Waals surface area (Å²) in [6.45, 7) is 2.40. The Morgan fingerprint density at radius 2 is 2.33 bits per heavy atom. The number of hydrogen-bond acceptors (Lipinski definition) is 3. The molecule has 3 nitrogen and oxygen atoms in total. The summed E-state index contributed by atoms with van der Waals surface area (Å²) >= 11 is 10.9. The van der Waals surface area contributed by atoms with Crippen molar-refractivity contribution in [1.82, 2.24) is 10.3 Å². The first-order valence-corrected chi connectivity index (χ1v) is 7.20. The second-order valence-electron chi connectivity index (χ2n) is 3.65. The molecule has 0 saturated heterocycles. The standard InChI is InChI=1S/C12H10BrClN2OS/c1-7-5-15-10(18-7)6-16-12(17)8-3-2-4-9(13)11(8)14/h2-5H,6H2,1H3,(H,16,17). The zero-order valence-electron chi connectivity index (χ0n) is 9.54. The lowest BCUT2D eigenvalue weighted by atomic mass is 10.2. The zero-order chi connectivity index (χ0) is 13.1. The molecule has 1 aromatic heterocycles. The van der Waals surface area contributed by atoms with Crippen LogP contribution in [0.15, 0.2) is 28.9 Å². The molecule has 0 aliphatic heterocycles. The second kappa shape index (κ2) is 5.82. The number of thiazole rings is 1. The van der Waals surface area contributed by atoms with Gasteiger partial charge in [-0.15, -0.1) is 11.3 Å². The van der Waals surface area contributed by atoms with Crippen molar-refractivity contribution >= 4 is 44.8 Å². The van der Waals surface area contributed by atoms with Crippen LogP contribution in [-0.4, -0.2) is 10.9 Å². The number of aryl methyl sites for hydroxylation is 1. The topological polar surface area (TPSA) is 42.0 Å². The van der Waals surface area contributed by atoms with Gasteiger partial charge >= 0.3 is 0 Å². The van der Waals surface area contributed by atoms with Crippen LogP contribution in [0, 0.1) is 6.92 Å². The van der Waals surface area contributed by atoms with Crippen LogP contribution in [0.25, 0.3) is 0 Å². The molecule has 0 radical (unpaired) electrons. The summed E-state index contributed by atoms with van der Waals surface area (Å²) in [5.74, 6) is -0.200. The summed E-state index contributed by atoms with van der Waals surface area (Å²) in [7, 11) is 0. The Morgan fingerprint density at radius 3 is 3.00 bits per heavy atom. The molecule has 0 unspecified atom stereocenters. The highest BCUT2D eigenvalue weighted by atomic mass is 79.9. The Kier molecular flexibility index (Phi) is 4.37. The molecule has 0 atom stereocenters. The van der Waals surface area contributed by atoms with E-state index in [0.29, 0.717) is 21.6 Å². The second-order valence-corrected chi connectivity index (χ2v) is 6.20. The van der Waals surface area contributed by atoms with Crippen molar-refractivity contribution in [3.63, 3.8) is 0 Å². The number of carbonyl (C=O) groups is 1. The molecule has 94 valence electrons. The first-order valence-electron chi connectivity index (χ1n) is 5.21. The van der Waals surface area contributed by atoms with Crippen LogP contribution >= 0.6 is 38.9 Å². The lowest BCUT2D eigenvalue weighted by Gasteiger charge is -2.06. The van der Waals surface area contributed by atoms with E-state index >= 15 is 0 Å². The molecule has 18 heavy (non-hydrogen) atoms. The number of nitrogens with zero attached hydrogens (tertiary/aromatic N) is 1. The number of halogens is 2. The minimum absolute atomic E-state index is 0.200. The summed E-state index contributed by atoms with van der Waals surface area (Å²) in [5.41, 5.74) is 0.458. The molecule has 0 aliphatic rings. The van der Waals surface area contributed by atoms with Crippen LogP contribution in [0.2, 0.25) is 5.02 Å². The molecule has 1 aromatic carbocycles. The molecule has 0 saturated carbocycles. The normalized spacial score (nSPS) is 10.4.